The molecule has 54 valence electrons. The second-order valence-electron chi connectivity index (χ2n) is 2.89. The summed E-state index contributed by atoms with van der Waals surface area (Å²) in [4.78, 5) is 0. The minimum atomic E-state index is 0.248. The maximum Gasteiger partial charge on any atom is 0.0646 e. The van der Waals surface area contributed by atoms with Gasteiger partial charge in [0.2, 0.25) is 0 Å². The van der Waals surface area contributed by atoms with Crippen molar-refractivity contribution in [3.8, 4) is 0 Å². The van der Waals surface area contributed by atoms with Gasteiger partial charge in [-0.1, -0.05) is 6.92 Å². The Morgan fingerprint density at radius 3 is 2.78 bits per heavy atom. The van der Waals surface area contributed by atoms with E-state index in [1.165, 1.54) is 0 Å². The fraction of sp³-hybridized carbons (Fsp3) is 1.00. The Morgan fingerprint density at radius 2 is 2.44 bits per heavy atom. The lowest BCUT2D eigenvalue weighted by atomic mass is 9.99. The number of hydrogen-bond acceptors (Lipinski definition) is 2. The van der Waals surface area contributed by atoms with Crippen molar-refractivity contribution >= 4 is 0 Å². The third-order valence-electron chi connectivity index (χ3n) is 2.00. The van der Waals surface area contributed by atoms with Gasteiger partial charge in [-0.15, -0.1) is 0 Å². The summed E-state index contributed by atoms with van der Waals surface area (Å²) in [6.45, 7) is 7.12. The summed E-state index contributed by atoms with van der Waals surface area (Å²) in [7, 11) is 0. The van der Waals surface area contributed by atoms with Gasteiger partial charge >= 0.3 is 0 Å². The van der Waals surface area contributed by atoms with Gasteiger partial charge in [0, 0.05) is 12.1 Å². The quantitative estimate of drug-likeness (QED) is 0.564. The van der Waals surface area contributed by atoms with Gasteiger partial charge in [-0.3, -0.25) is 0 Å². The van der Waals surface area contributed by atoms with E-state index in [9.17, 15) is 0 Å². The first-order valence-corrected chi connectivity index (χ1v) is 3.60. The molecule has 0 aromatic carbocycles. The Bertz CT molecular complexity index is 86.9. The van der Waals surface area contributed by atoms with E-state index in [0.29, 0.717) is 0 Å². The van der Waals surface area contributed by atoms with Crippen LogP contribution in [0.1, 0.15) is 20.3 Å². The van der Waals surface area contributed by atoms with Gasteiger partial charge in [0.25, 0.3) is 0 Å². The second kappa shape index (κ2) is 2.67. The zero-order valence-electron chi connectivity index (χ0n) is 6.24. The van der Waals surface area contributed by atoms with E-state index >= 15 is 0 Å². The molecule has 1 rings (SSSR count). The van der Waals surface area contributed by atoms with Crippen molar-refractivity contribution in [1.82, 2.24) is 5.32 Å². The zero-order valence-corrected chi connectivity index (χ0v) is 6.24. The van der Waals surface area contributed by atoms with Gasteiger partial charge in [0.15, 0.2) is 0 Å². The molecular formula is C7H15NO. The average Bonchev–Trinajstić information content (AvgIpc) is 1.90. The number of nitrogens with one attached hydrogen (secondary N) is 1. The fourth-order valence-corrected chi connectivity index (χ4v) is 1.00. The molecule has 1 saturated heterocycles. The van der Waals surface area contributed by atoms with Crippen molar-refractivity contribution in [2.24, 2.45) is 0 Å². The van der Waals surface area contributed by atoms with Crippen molar-refractivity contribution in [3.05, 3.63) is 0 Å². The highest BCUT2D eigenvalue weighted by Gasteiger charge is 2.23. The topological polar surface area (TPSA) is 21.3 Å². The monoisotopic (exact) mass is 129 g/mol. The van der Waals surface area contributed by atoms with E-state index in [2.05, 4.69) is 19.2 Å². The van der Waals surface area contributed by atoms with Crippen LogP contribution < -0.4 is 5.32 Å². The summed E-state index contributed by atoms with van der Waals surface area (Å²) >= 11 is 0. The van der Waals surface area contributed by atoms with Crippen LogP contribution in [-0.2, 0) is 4.74 Å². The largest absolute Gasteiger partial charge is 0.378 e. The maximum absolute atomic E-state index is 5.31. The van der Waals surface area contributed by atoms with Crippen LogP contribution in [0.25, 0.3) is 0 Å². The molecule has 0 bridgehead atoms. The molecule has 1 aliphatic heterocycles. The standard InChI is InChI=1S/C7H15NO/c1-3-7(2)6-9-5-4-8-7/h8H,3-6H2,1-2H3. The molecule has 0 saturated carbocycles. The van der Waals surface area contributed by atoms with Gasteiger partial charge in [-0.2, -0.15) is 0 Å². The van der Waals surface area contributed by atoms with Crippen molar-refractivity contribution in [2.75, 3.05) is 19.8 Å². The van der Waals surface area contributed by atoms with E-state index in [4.69, 9.17) is 4.74 Å². The van der Waals surface area contributed by atoms with Gasteiger partial charge in [0.05, 0.1) is 13.2 Å². The molecule has 0 amide bonds. The van der Waals surface area contributed by atoms with Crippen LogP contribution in [0.2, 0.25) is 0 Å². The lowest BCUT2D eigenvalue weighted by Crippen LogP contribution is -2.51. The third-order valence-corrected chi connectivity index (χ3v) is 2.00. The zero-order chi connectivity index (χ0) is 6.74. The highest BCUT2D eigenvalue weighted by atomic mass is 16.5. The Morgan fingerprint density at radius 1 is 1.67 bits per heavy atom. The smallest absolute Gasteiger partial charge is 0.0646 e. The van der Waals surface area contributed by atoms with E-state index in [0.717, 1.165) is 26.2 Å². The highest BCUT2D eigenvalue weighted by molar-refractivity contribution is 4.83. The van der Waals surface area contributed by atoms with E-state index in [1.54, 1.807) is 0 Å². The molecule has 1 heterocycles. The molecule has 0 aromatic heterocycles. The number of morpholine rings is 1. The highest BCUT2D eigenvalue weighted by Crippen LogP contribution is 2.11. The summed E-state index contributed by atoms with van der Waals surface area (Å²) in [6.07, 6.45) is 1.15. The minimum Gasteiger partial charge on any atom is -0.378 e. The maximum atomic E-state index is 5.31. The SMILES string of the molecule is CCC1(C)COCCN1. The Hall–Kier alpha value is -0.0800. The molecule has 2 heteroatoms. The molecule has 0 aromatic rings. The molecule has 1 fully saturated rings. The number of hydrogen-bond donors (Lipinski definition) is 1. The van der Waals surface area contributed by atoms with Crippen molar-refractivity contribution < 1.29 is 4.74 Å². The van der Waals surface area contributed by atoms with Crippen LogP contribution in [0.15, 0.2) is 0 Å². The van der Waals surface area contributed by atoms with Crippen LogP contribution >= 0.6 is 0 Å². The van der Waals surface area contributed by atoms with E-state index < -0.39 is 0 Å². The summed E-state index contributed by atoms with van der Waals surface area (Å²) in [5.74, 6) is 0. The Kier molecular flexibility index (Phi) is 2.09. The second-order valence-corrected chi connectivity index (χ2v) is 2.89. The normalized spacial score (nSPS) is 36.7. The Balaban J connectivity index is 2.37. The third kappa shape index (κ3) is 1.66. The predicted octanol–water partition coefficient (Wildman–Crippen LogP) is 0.775. The molecule has 1 atom stereocenters. The molecule has 0 radical (unpaired) electrons. The van der Waals surface area contributed by atoms with Gasteiger partial charge in [-0.05, 0) is 13.3 Å². The molecule has 1 aliphatic rings. The van der Waals surface area contributed by atoms with Gasteiger partial charge in [-0.25, -0.2) is 0 Å². The van der Waals surface area contributed by atoms with Crippen molar-refractivity contribution in [1.29, 1.82) is 0 Å². The first-order chi connectivity index (χ1) is 4.27. The van der Waals surface area contributed by atoms with Crippen molar-refractivity contribution in [3.63, 3.8) is 0 Å². The number of ether oxygens (including phenoxy) is 1. The molecule has 2 nitrogen and oxygen atoms in total. The summed E-state index contributed by atoms with van der Waals surface area (Å²) < 4.78 is 5.31. The fourth-order valence-electron chi connectivity index (χ4n) is 1.00. The average molecular weight is 129 g/mol. The van der Waals surface area contributed by atoms with Gasteiger partial charge in [0.1, 0.15) is 0 Å². The minimum absolute atomic E-state index is 0.248. The molecule has 1 unspecified atom stereocenters. The molecule has 1 N–H and O–H groups in total. The number of rotatable bonds is 1. The van der Waals surface area contributed by atoms with E-state index in [-0.39, 0.29) is 5.54 Å². The van der Waals surface area contributed by atoms with Crippen LogP contribution in [0.3, 0.4) is 0 Å². The van der Waals surface area contributed by atoms with Crippen LogP contribution in [0.4, 0.5) is 0 Å². The summed E-state index contributed by atoms with van der Waals surface area (Å²) in [5.41, 5.74) is 0.248. The first kappa shape index (κ1) is 7.03. The van der Waals surface area contributed by atoms with Gasteiger partial charge < -0.3 is 10.1 Å². The summed E-state index contributed by atoms with van der Waals surface area (Å²) in [5, 5.41) is 3.42. The summed E-state index contributed by atoms with van der Waals surface area (Å²) in [6, 6.07) is 0. The van der Waals surface area contributed by atoms with E-state index in [1.807, 2.05) is 0 Å². The molecule has 9 heavy (non-hydrogen) atoms. The first-order valence-electron chi connectivity index (χ1n) is 3.60. The molecule has 0 spiro atoms. The van der Waals surface area contributed by atoms with Crippen LogP contribution in [0, 0.1) is 0 Å². The van der Waals surface area contributed by atoms with Crippen LogP contribution in [0.5, 0.6) is 0 Å². The van der Waals surface area contributed by atoms with Crippen molar-refractivity contribution in [2.45, 2.75) is 25.8 Å². The lowest BCUT2D eigenvalue weighted by molar-refractivity contribution is 0.0338. The Labute approximate surface area is 56.6 Å². The predicted molar refractivity (Wildman–Crippen MR) is 37.5 cm³/mol. The lowest BCUT2D eigenvalue weighted by Gasteiger charge is -2.33. The molecular weight excluding hydrogens is 114 g/mol. The molecule has 0 aliphatic carbocycles. The van der Waals surface area contributed by atoms with Crippen LogP contribution in [-0.4, -0.2) is 25.3 Å².